The number of hydrogen-bond donors (Lipinski definition) is 1. The highest BCUT2D eigenvalue weighted by Gasteiger charge is 2.18. The molecule has 0 spiro atoms. The number of carbonyl (C=O) groups is 1. The highest BCUT2D eigenvalue weighted by atomic mass is 16.6. The molecular weight excluding hydrogens is 356 g/mol. The van der Waals surface area contributed by atoms with E-state index in [1.54, 1.807) is 30.3 Å². The number of oxime groups is 1. The monoisotopic (exact) mass is 376 g/mol. The number of para-hydroxylation sites is 2. The highest BCUT2D eigenvalue weighted by molar-refractivity contribution is 6.45. The highest BCUT2D eigenvalue weighted by Crippen LogP contribution is 2.29. The van der Waals surface area contributed by atoms with Crippen LogP contribution in [0.3, 0.4) is 0 Å². The first kappa shape index (κ1) is 19.0. The number of hydrogen-bond acceptors (Lipinski definition) is 5. The Labute approximate surface area is 163 Å². The first-order chi connectivity index (χ1) is 13.7. The molecule has 0 atom stereocenters. The van der Waals surface area contributed by atoms with E-state index < -0.39 is 0 Å². The molecule has 142 valence electrons. The number of ether oxygens (including phenoxy) is 2. The van der Waals surface area contributed by atoms with E-state index in [0.29, 0.717) is 22.8 Å². The van der Waals surface area contributed by atoms with Crippen molar-refractivity contribution in [1.29, 1.82) is 0 Å². The Morgan fingerprint density at radius 2 is 1.36 bits per heavy atom. The Kier molecular flexibility index (Phi) is 6.25. The fourth-order valence-corrected chi connectivity index (χ4v) is 2.50. The van der Waals surface area contributed by atoms with Gasteiger partial charge in [-0.1, -0.05) is 35.5 Å². The van der Waals surface area contributed by atoms with E-state index in [1.807, 2.05) is 48.5 Å². The molecule has 0 heterocycles. The van der Waals surface area contributed by atoms with E-state index in [1.165, 1.54) is 14.2 Å². The minimum Gasteiger partial charge on any atom is -0.457 e. The quantitative estimate of drug-likeness (QED) is 0.491. The van der Waals surface area contributed by atoms with Crippen molar-refractivity contribution in [3.8, 4) is 23.0 Å². The van der Waals surface area contributed by atoms with Crippen LogP contribution in [0.15, 0.2) is 84.0 Å². The largest absolute Gasteiger partial charge is 0.457 e. The number of nitrogens with one attached hydrogen (secondary N) is 1. The molecule has 1 N–H and O–H groups in total. The van der Waals surface area contributed by atoms with Crippen molar-refractivity contribution in [2.75, 3.05) is 14.2 Å². The van der Waals surface area contributed by atoms with Crippen LogP contribution in [0.5, 0.6) is 23.0 Å². The summed E-state index contributed by atoms with van der Waals surface area (Å²) in [6.07, 6.45) is 0. The van der Waals surface area contributed by atoms with E-state index in [0.717, 1.165) is 5.75 Å². The van der Waals surface area contributed by atoms with Crippen LogP contribution in [0.25, 0.3) is 0 Å². The van der Waals surface area contributed by atoms with Crippen LogP contribution in [0, 0.1) is 0 Å². The van der Waals surface area contributed by atoms with Crippen molar-refractivity contribution in [3.05, 3.63) is 84.4 Å². The van der Waals surface area contributed by atoms with E-state index in [9.17, 15) is 4.79 Å². The normalized spacial score (nSPS) is 10.9. The second-order valence-corrected chi connectivity index (χ2v) is 5.69. The predicted molar refractivity (Wildman–Crippen MR) is 107 cm³/mol. The summed E-state index contributed by atoms with van der Waals surface area (Å²) in [5, 5.41) is 6.38. The number of nitrogens with zero attached hydrogens (tertiary/aromatic N) is 1. The molecule has 0 saturated carbocycles. The van der Waals surface area contributed by atoms with Gasteiger partial charge in [0.05, 0.1) is 5.56 Å². The molecule has 0 unspecified atom stereocenters. The third-order valence-electron chi connectivity index (χ3n) is 3.80. The Morgan fingerprint density at radius 1 is 0.786 bits per heavy atom. The second kappa shape index (κ2) is 9.23. The summed E-state index contributed by atoms with van der Waals surface area (Å²) in [6.45, 7) is 0. The zero-order chi connectivity index (χ0) is 19.8. The van der Waals surface area contributed by atoms with E-state index in [-0.39, 0.29) is 11.6 Å². The fourth-order valence-electron chi connectivity index (χ4n) is 2.50. The van der Waals surface area contributed by atoms with Crippen LogP contribution in [0.4, 0.5) is 0 Å². The van der Waals surface area contributed by atoms with Gasteiger partial charge in [-0.15, -0.1) is 0 Å². The average molecular weight is 376 g/mol. The van der Waals surface area contributed by atoms with Gasteiger partial charge in [-0.25, -0.2) is 0 Å². The first-order valence-corrected chi connectivity index (χ1v) is 8.64. The van der Waals surface area contributed by atoms with E-state index in [4.69, 9.17) is 14.3 Å². The zero-order valence-electron chi connectivity index (χ0n) is 15.6. The van der Waals surface area contributed by atoms with Crippen molar-refractivity contribution in [1.82, 2.24) is 5.32 Å². The second-order valence-electron chi connectivity index (χ2n) is 5.69. The number of benzene rings is 3. The summed E-state index contributed by atoms with van der Waals surface area (Å²) in [4.78, 5) is 16.9. The minimum absolute atomic E-state index is 0.129. The van der Waals surface area contributed by atoms with Gasteiger partial charge in [0.15, 0.2) is 5.71 Å². The van der Waals surface area contributed by atoms with Gasteiger partial charge in [-0.3, -0.25) is 4.79 Å². The summed E-state index contributed by atoms with van der Waals surface area (Å²) < 4.78 is 11.7. The van der Waals surface area contributed by atoms with Gasteiger partial charge in [0.2, 0.25) is 0 Å². The lowest BCUT2D eigenvalue weighted by Gasteiger charge is -2.12. The summed E-state index contributed by atoms with van der Waals surface area (Å²) in [6, 6.07) is 23.9. The minimum atomic E-state index is -0.371. The Bertz CT molecular complexity index is 954. The molecular formula is C22H20N2O4. The molecule has 0 bridgehead atoms. The average Bonchev–Trinajstić information content (AvgIpc) is 2.74. The molecule has 0 aromatic heterocycles. The van der Waals surface area contributed by atoms with Crippen molar-refractivity contribution in [2.24, 2.45) is 5.16 Å². The molecule has 6 heteroatoms. The Hall–Kier alpha value is -3.80. The van der Waals surface area contributed by atoms with Crippen LogP contribution in [-0.2, 0) is 9.63 Å². The molecule has 3 aromatic carbocycles. The van der Waals surface area contributed by atoms with Gasteiger partial charge in [-0.05, 0) is 48.5 Å². The lowest BCUT2D eigenvalue weighted by atomic mass is 10.1. The van der Waals surface area contributed by atoms with Crippen molar-refractivity contribution >= 4 is 11.6 Å². The first-order valence-electron chi connectivity index (χ1n) is 8.64. The Balaban J connectivity index is 1.80. The lowest BCUT2D eigenvalue weighted by molar-refractivity contribution is -0.114. The van der Waals surface area contributed by atoms with E-state index in [2.05, 4.69) is 10.5 Å². The fraction of sp³-hybridized carbons (Fsp3) is 0.0909. The van der Waals surface area contributed by atoms with Gasteiger partial charge in [0, 0.05) is 7.05 Å². The molecule has 0 aliphatic rings. The SMILES string of the molecule is CNC(=O)C(=NOC)c1ccccc1Oc1ccc(Oc2ccccc2)cc1. The van der Waals surface area contributed by atoms with Crippen LogP contribution in [0.1, 0.15) is 5.56 Å². The van der Waals surface area contributed by atoms with Crippen LogP contribution in [0.2, 0.25) is 0 Å². The van der Waals surface area contributed by atoms with Gasteiger partial charge in [0.25, 0.3) is 5.91 Å². The van der Waals surface area contributed by atoms with Crippen LogP contribution in [-0.4, -0.2) is 25.8 Å². The topological polar surface area (TPSA) is 69.2 Å². The van der Waals surface area contributed by atoms with Crippen LogP contribution >= 0.6 is 0 Å². The van der Waals surface area contributed by atoms with Crippen molar-refractivity contribution in [2.45, 2.75) is 0 Å². The number of amides is 1. The number of likely N-dealkylation sites (N-methyl/N-ethyl adjacent to an activating group) is 1. The van der Waals surface area contributed by atoms with Crippen molar-refractivity contribution in [3.63, 3.8) is 0 Å². The number of rotatable bonds is 7. The van der Waals surface area contributed by atoms with Gasteiger partial charge in [0.1, 0.15) is 30.1 Å². The molecule has 28 heavy (non-hydrogen) atoms. The van der Waals surface area contributed by atoms with Crippen LogP contribution < -0.4 is 14.8 Å². The third kappa shape index (κ3) is 4.67. The standard InChI is InChI=1S/C22H20N2O4/c1-23-22(25)21(24-26-2)19-10-6-7-11-20(19)28-18-14-12-17(13-15-18)27-16-8-4-3-5-9-16/h3-15H,1-2H3,(H,23,25). The summed E-state index contributed by atoms with van der Waals surface area (Å²) in [5.74, 6) is 2.16. The maximum atomic E-state index is 12.1. The summed E-state index contributed by atoms with van der Waals surface area (Å²) >= 11 is 0. The molecule has 0 aliphatic heterocycles. The molecule has 1 amide bonds. The smallest absolute Gasteiger partial charge is 0.273 e. The van der Waals surface area contributed by atoms with Gasteiger partial charge >= 0.3 is 0 Å². The molecule has 6 nitrogen and oxygen atoms in total. The Morgan fingerprint density at radius 3 is 2.00 bits per heavy atom. The molecule has 3 aromatic rings. The van der Waals surface area contributed by atoms with Gasteiger partial charge in [-0.2, -0.15) is 0 Å². The molecule has 3 rings (SSSR count). The van der Waals surface area contributed by atoms with E-state index >= 15 is 0 Å². The maximum Gasteiger partial charge on any atom is 0.273 e. The number of carbonyl (C=O) groups excluding carboxylic acids is 1. The molecule has 0 radical (unpaired) electrons. The maximum absolute atomic E-state index is 12.1. The molecule has 0 saturated heterocycles. The zero-order valence-corrected chi connectivity index (χ0v) is 15.6. The van der Waals surface area contributed by atoms with Gasteiger partial charge < -0.3 is 19.6 Å². The summed E-state index contributed by atoms with van der Waals surface area (Å²) in [5.41, 5.74) is 0.651. The molecule has 0 fully saturated rings. The lowest BCUT2D eigenvalue weighted by Crippen LogP contribution is -2.28. The third-order valence-corrected chi connectivity index (χ3v) is 3.80. The predicted octanol–water partition coefficient (Wildman–Crippen LogP) is 4.37. The summed E-state index contributed by atoms with van der Waals surface area (Å²) in [7, 11) is 2.92. The molecule has 0 aliphatic carbocycles. The van der Waals surface area contributed by atoms with Crippen molar-refractivity contribution < 1.29 is 19.1 Å².